The molecule has 1 saturated carbocycles. The van der Waals surface area contributed by atoms with Crippen molar-refractivity contribution in [2.24, 2.45) is 0 Å². The standard InChI is InChI=1S/C17H23NO5/c19-16(14-6-7-15(23-14)17(20)21)18(10-12-8-9-22-11-12)13-4-2-1-3-5-13/h8-9,11,13-15H,1-7,10H2,(H,20,21)/t14-,15+/m0/s1. The van der Waals surface area contributed by atoms with Gasteiger partial charge in [0.05, 0.1) is 12.5 Å². The second kappa shape index (κ2) is 7.17. The zero-order valence-corrected chi connectivity index (χ0v) is 13.1. The third-order valence-corrected chi connectivity index (χ3v) is 4.80. The van der Waals surface area contributed by atoms with Crippen LogP contribution in [-0.4, -0.2) is 40.1 Å². The van der Waals surface area contributed by atoms with Crippen LogP contribution in [0.1, 0.15) is 50.5 Å². The fourth-order valence-corrected chi connectivity index (χ4v) is 3.54. The molecule has 0 spiro atoms. The summed E-state index contributed by atoms with van der Waals surface area (Å²) in [5, 5.41) is 9.05. The topological polar surface area (TPSA) is 80.0 Å². The number of carboxylic acid groups (broad SMARTS) is 1. The van der Waals surface area contributed by atoms with E-state index in [1.54, 1.807) is 12.5 Å². The van der Waals surface area contributed by atoms with E-state index < -0.39 is 18.2 Å². The molecule has 6 nitrogen and oxygen atoms in total. The first-order valence-electron chi connectivity index (χ1n) is 8.35. The maximum atomic E-state index is 12.9. The fraction of sp³-hybridized carbons (Fsp3) is 0.647. The molecule has 0 radical (unpaired) electrons. The van der Waals surface area contributed by atoms with Gasteiger partial charge >= 0.3 is 5.97 Å². The van der Waals surface area contributed by atoms with Crippen molar-refractivity contribution in [3.05, 3.63) is 24.2 Å². The van der Waals surface area contributed by atoms with Crippen molar-refractivity contribution in [3.63, 3.8) is 0 Å². The highest BCUT2D eigenvalue weighted by Crippen LogP contribution is 2.28. The summed E-state index contributed by atoms with van der Waals surface area (Å²) in [6.45, 7) is 0.498. The lowest BCUT2D eigenvalue weighted by atomic mass is 9.93. The Morgan fingerprint density at radius 2 is 1.87 bits per heavy atom. The number of ether oxygens (including phenoxy) is 1. The van der Waals surface area contributed by atoms with Crippen molar-refractivity contribution in [3.8, 4) is 0 Å². The minimum absolute atomic E-state index is 0.0816. The molecule has 2 atom stereocenters. The summed E-state index contributed by atoms with van der Waals surface area (Å²) in [4.78, 5) is 25.8. The minimum Gasteiger partial charge on any atom is -0.479 e. The van der Waals surface area contributed by atoms with Crippen LogP contribution in [0.15, 0.2) is 23.0 Å². The lowest BCUT2D eigenvalue weighted by Gasteiger charge is -2.35. The predicted molar refractivity (Wildman–Crippen MR) is 81.7 cm³/mol. The molecule has 23 heavy (non-hydrogen) atoms. The summed E-state index contributed by atoms with van der Waals surface area (Å²) >= 11 is 0. The van der Waals surface area contributed by atoms with Crippen molar-refractivity contribution < 1.29 is 23.8 Å². The van der Waals surface area contributed by atoms with Crippen molar-refractivity contribution in [1.29, 1.82) is 0 Å². The summed E-state index contributed by atoms with van der Waals surface area (Å²) in [5.74, 6) is -1.07. The summed E-state index contributed by atoms with van der Waals surface area (Å²) in [5.41, 5.74) is 0.955. The van der Waals surface area contributed by atoms with Crippen molar-refractivity contribution in [1.82, 2.24) is 4.90 Å². The van der Waals surface area contributed by atoms with Gasteiger partial charge in [-0.25, -0.2) is 4.79 Å². The summed E-state index contributed by atoms with van der Waals surface area (Å²) in [6.07, 6.45) is 8.11. The lowest BCUT2D eigenvalue weighted by Crippen LogP contribution is -2.46. The molecule has 1 aliphatic heterocycles. The Balaban J connectivity index is 1.71. The molecule has 2 heterocycles. The third-order valence-electron chi connectivity index (χ3n) is 4.80. The molecule has 1 saturated heterocycles. The van der Waals surface area contributed by atoms with Crippen LogP contribution >= 0.6 is 0 Å². The predicted octanol–water partition coefficient (Wildman–Crippen LogP) is 2.57. The molecule has 2 fully saturated rings. The van der Waals surface area contributed by atoms with Gasteiger partial charge in [0, 0.05) is 18.2 Å². The van der Waals surface area contributed by atoms with Crippen LogP contribution in [0.4, 0.5) is 0 Å². The quantitative estimate of drug-likeness (QED) is 0.901. The number of hydrogen-bond acceptors (Lipinski definition) is 4. The van der Waals surface area contributed by atoms with Gasteiger partial charge in [-0.3, -0.25) is 4.79 Å². The van der Waals surface area contributed by atoms with Gasteiger partial charge < -0.3 is 19.2 Å². The van der Waals surface area contributed by atoms with Crippen LogP contribution in [0.3, 0.4) is 0 Å². The van der Waals surface area contributed by atoms with Gasteiger partial charge in [0.25, 0.3) is 5.91 Å². The van der Waals surface area contributed by atoms with E-state index in [1.165, 1.54) is 6.42 Å². The number of furan rings is 1. The minimum atomic E-state index is -0.987. The number of hydrogen-bond donors (Lipinski definition) is 1. The molecule has 0 bridgehead atoms. The van der Waals surface area contributed by atoms with E-state index in [-0.39, 0.29) is 11.9 Å². The average Bonchev–Trinajstić information content (AvgIpc) is 3.24. The first-order valence-corrected chi connectivity index (χ1v) is 8.35. The molecule has 126 valence electrons. The largest absolute Gasteiger partial charge is 0.479 e. The van der Waals surface area contributed by atoms with Crippen LogP contribution in [0, 0.1) is 0 Å². The molecule has 0 unspecified atom stereocenters. The summed E-state index contributed by atoms with van der Waals surface area (Å²) in [6, 6.07) is 2.07. The molecule has 6 heteroatoms. The van der Waals surface area contributed by atoms with Crippen molar-refractivity contribution >= 4 is 11.9 Å². The highest BCUT2D eigenvalue weighted by molar-refractivity contribution is 5.83. The van der Waals surface area contributed by atoms with Gasteiger partial charge in [-0.05, 0) is 31.7 Å². The number of amides is 1. The SMILES string of the molecule is O=C(O)[C@H]1CC[C@@H](C(=O)N(Cc2ccoc2)C2CCCCC2)O1. The number of aliphatic carboxylic acids is 1. The number of carbonyl (C=O) groups is 2. The zero-order chi connectivity index (χ0) is 16.2. The molecule has 1 aromatic heterocycles. The Labute approximate surface area is 135 Å². The number of carbonyl (C=O) groups excluding carboxylic acids is 1. The van der Waals surface area contributed by atoms with Crippen LogP contribution in [0.25, 0.3) is 0 Å². The molecule has 1 N–H and O–H groups in total. The van der Waals surface area contributed by atoms with Crippen molar-refractivity contribution in [2.75, 3.05) is 0 Å². The van der Waals surface area contributed by atoms with E-state index in [0.717, 1.165) is 31.2 Å². The maximum absolute atomic E-state index is 12.9. The summed E-state index contributed by atoms with van der Waals surface area (Å²) < 4.78 is 10.6. The Morgan fingerprint density at radius 1 is 1.13 bits per heavy atom. The molecule has 1 aliphatic carbocycles. The Hall–Kier alpha value is -1.82. The number of rotatable bonds is 5. The molecule has 1 aromatic rings. The van der Waals surface area contributed by atoms with E-state index in [4.69, 9.17) is 14.3 Å². The second-order valence-electron chi connectivity index (χ2n) is 6.42. The van der Waals surface area contributed by atoms with Gasteiger partial charge in [-0.15, -0.1) is 0 Å². The van der Waals surface area contributed by atoms with E-state index in [9.17, 15) is 9.59 Å². The monoisotopic (exact) mass is 321 g/mol. The summed E-state index contributed by atoms with van der Waals surface area (Å²) in [7, 11) is 0. The smallest absolute Gasteiger partial charge is 0.332 e. The van der Waals surface area contributed by atoms with Gasteiger partial charge in [-0.1, -0.05) is 19.3 Å². The number of carboxylic acids is 1. The van der Waals surface area contributed by atoms with Crippen LogP contribution < -0.4 is 0 Å². The van der Waals surface area contributed by atoms with Crippen LogP contribution in [-0.2, 0) is 20.9 Å². The van der Waals surface area contributed by atoms with Gasteiger partial charge in [0.1, 0.15) is 6.10 Å². The normalized spacial score (nSPS) is 25.4. The van der Waals surface area contributed by atoms with E-state index in [1.807, 2.05) is 11.0 Å². The average molecular weight is 321 g/mol. The van der Waals surface area contributed by atoms with Crippen molar-refractivity contribution in [2.45, 2.75) is 69.7 Å². The van der Waals surface area contributed by atoms with E-state index in [0.29, 0.717) is 19.4 Å². The first kappa shape index (κ1) is 16.1. The molecule has 0 aromatic carbocycles. The molecular weight excluding hydrogens is 298 g/mol. The molecular formula is C17H23NO5. The Bertz CT molecular complexity index is 535. The Morgan fingerprint density at radius 3 is 2.48 bits per heavy atom. The maximum Gasteiger partial charge on any atom is 0.332 e. The molecule has 3 rings (SSSR count). The van der Waals surface area contributed by atoms with Gasteiger partial charge in [0.15, 0.2) is 6.10 Å². The fourth-order valence-electron chi connectivity index (χ4n) is 3.54. The third kappa shape index (κ3) is 3.75. The molecule has 1 amide bonds. The zero-order valence-electron chi connectivity index (χ0n) is 13.1. The van der Waals surface area contributed by atoms with Crippen LogP contribution in [0.5, 0.6) is 0 Å². The highest BCUT2D eigenvalue weighted by atomic mass is 16.5. The first-order chi connectivity index (χ1) is 11.1. The van der Waals surface area contributed by atoms with E-state index >= 15 is 0 Å². The lowest BCUT2D eigenvalue weighted by molar-refractivity contribution is -0.156. The van der Waals surface area contributed by atoms with Gasteiger partial charge in [-0.2, -0.15) is 0 Å². The number of nitrogens with zero attached hydrogens (tertiary/aromatic N) is 1. The van der Waals surface area contributed by atoms with Gasteiger partial charge in [0.2, 0.25) is 0 Å². The Kier molecular flexibility index (Phi) is 5.00. The second-order valence-corrected chi connectivity index (χ2v) is 6.42. The van der Waals surface area contributed by atoms with Crippen LogP contribution in [0.2, 0.25) is 0 Å². The highest BCUT2D eigenvalue weighted by Gasteiger charge is 2.38. The molecule has 2 aliphatic rings. The van der Waals surface area contributed by atoms with E-state index in [2.05, 4.69) is 0 Å².